The highest BCUT2D eigenvalue weighted by molar-refractivity contribution is 5.56. The quantitative estimate of drug-likeness (QED) is 0.783. The van der Waals surface area contributed by atoms with Crippen molar-refractivity contribution >= 4 is 5.69 Å². The molecule has 1 unspecified atom stereocenters. The fourth-order valence-electron chi connectivity index (χ4n) is 2.45. The monoisotopic (exact) mass is 313 g/mol. The van der Waals surface area contributed by atoms with E-state index in [1.807, 2.05) is 38.1 Å². The van der Waals surface area contributed by atoms with Gasteiger partial charge in [-0.1, -0.05) is 30.3 Å². The van der Waals surface area contributed by atoms with Gasteiger partial charge in [-0.15, -0.1) is 0 Å². The van der Waals surface area contributed by atoms with E-state index in [1.165, 1.54) is 11.1 Å². The fourth-order valence-corrected chi connectivity index (χ4v) is 2.45. The molecule has 0 radical (unpaired) electrons. The van der Waals surface area contributed by atoms with Gasteiger partial charge in [0.05, 0.1) is 18.3 Å². The number of ether oxygens (including phenoxy) is 2. The molecule has 1 atom stereocenters. The lowest BCUT2D eigenvalue weighted by Crippen LogP contribution is -2.23. The van der Waals surface area contributed by atoms with E-state index >= 15 is 0 Å². The number of benzene rings is 2. The van der Waals surface area contributed by atoms with Crippen LogP contribution in [0.1, 0.15) is 31.9 Å². The second-order valence-corrected chi connectivity index (χ2v) is 6.19. The van der Waals surface area contributed by atoms with Gasteiger partial charge < -0.3 is 14.8 Å². The average molecular weight is 313 g/mol. The lowest BCUT2D eigenvalue weighted by atomic mass is 10.1. The third-order valence-corrected chi connectivity index (χ3v) is 3.56. The molecular weight excluding hydrogens is 286 g/mol. The summed E-state index contributed by atoms with van der Waals surface area (Å²) in [4.78, 5) is 0. The highest BCUT2D eigenvalue weighted by atomic mass is 16.5. The van der Waals surface area contributed by atoms with Crippen LogP contribution < -0.4 is 14.8 Å². The SMILES string of the molecule is Cc1cccc(C)c1OC(C)CNc1ccccc1OC(C)C. The molecule has 0 amide bonds. The standard InChI is InChI=1S/C20H27NO2/c1-14(2)22-19-12-7-6-11-18(19)21-13-17(5)23-20-15(3)9-8-10-16(20)4/h6-12,14,17,21H,13H2,1-5H3. The van der Waals surface area contributed by atoms with Crippen LogP contribution in [0.2, 0.25) is 0 Å². The number of rotatable bonds is 7. The zero-order valence-corrected chi connectivity index (χ0v) is 14.7. The Hall–Kier alpha value is -2.16. The second kappa shape index (κ2) is 7.91. The third kappa shape index (κ3) is 4.92. The van der Waals surface area contributed by atoms with Gasteiger partial charge in [0.1, 0.15) is 17.6 Å². The second-order valence-electron chi connectivity index (χ2n) is 6.19. The Kier molecular flexibility index (Phi) is 5.91. The Morgan fingerprint density at radius 1 is 0.870 bits per heavy atom. The van der Waals surface area contributed by atoms with E-state index in [2.05, 4.69) is 44.3 Å². The molecule has 124 valence electrons. The van der Waals surface area contributed by atoms with E-state index in [1.54, 1.807) is 0 Å². The van der Waals surface area contributed by atoms with Crippen LogP contribution in [0.4, 0.5) is 5.69 Å². The van der Waals surface area contributed by atoms with Gasteiger partial charge in [-0.2, -0.15) is 0 Å². The van der Waals surface area contributed by atoms with Crippen molar-refractivity contribution in [3.05, 3.63) is 53.6 Å². The number of hydrogen-bond donors (Lipinski definition) is 1. The zero-order valence-electron chi connectivity index (χ0n) is 14.7. The third-order valence-electron chi connectivity index (χ3n) is 3.56. The van der Waals surface area contributed by atoms with Crippen LogP contribution in [-0.4, -0.2) is 18.8 Å². The molecule has 2 rings (SSSR count). The minimum Gasteiger partial charge on any atom is -0.489 e. The van der Waals surface area contributed by atoms with Crippen LogP contribution in [-0.2, 0) is 0 Å². The Bertz CT molecular complexity index is 617. The van der Waals surface area contributed by atoms with Gasteiger partial charge >= 0.3 is 0 Å². The summed E-state index contributed by atoms with van der Waals surface area (Å²) in [6.45, 7) is 11.0. The van der Waals surface area contributed by atoms with Gasteiger partial charge in [0.25, 0.3) is 0 Å². The fraction of sp³-hybridized carbons (Fsp3) is 0.400. The van der Waals surface area contributed by atoms with E-state index in [-0.39, 0.29) is 12.2 Å². The molecule has 3 heteroatoms. The van der Waals surface area contributed by atoms with Gasteiger partial charge in [0, 0.05) is 0 Å². The first-order valence-corrected chi connectivity index (χ1v) is 8.19. The number of nitrogens with one attached hydrogen (secondary N) is 1. The summed E-state index contributed by atoms with van der Waals surface area (Å²) in [5.41, 5.74) is 3.33. The first-order chi connectivity index (χ1) is 11.0. The molecule has 0 aliphatic carbocycles. The van der Waals surface area contributed by atoms with Crippen molar-refractivity contribution in [3.63, 3.8) is 0 Å². The summed E-state index contributed by atoms with van der Waals surface area (Å²) in [6.07, 6.45) is 0.211. The van der Waals surface area contributed by atoms with Gasteiger partial charge in [-0.05, 0) is 57.9 Å². The molecule has 1 N–H and O–H groups in total. The van der Waals surface area contributed by atoms with Crippen molar-refractivity contribution in [2.75, 3.05) is 11.9 Å². The predicted octanol–water partition coefficient (Wildman–Crippen LogP) is 4.97. The van der Waals surface area contributed by atoms with Crippen molar-refractivity contribution < 1.29 is 9.47 Å². The molecule has 0 aliphatic heterocycles. The maximum Gasteiger partial charge on any atom is 0.142 e. The number of hydrogen-bond acceptors (Lipinski definition) is 3. The summed E-state index contributed by atoms with van der Waals surface area (Å²) in [6, 6.07) is 14.2. The predicted molar refractivity (Wildman–Crippen MR) is 96.7 cm³/mol. The average Bonchev–Trinajstić information content (AvgIpc) is 2.50. The van der Waals surface area contributed by atoms with Crippen molar-refractivity contribution in [2.45, 2.75) is 46.8 Å². The minimum absolute atomic E-state index is 0.0573. The summed E-state index contributed by atoms with van der Waals surface area (Å²) in [7, 11) is 0. The van der Waals surface area contributed by atoms with E-state index in [0.717, 1.165) is 17.2 Å². The largest absolute Gasteiger partial charge is 0.489 e. The molecule has 0 aromatic heterocycles. The van der Waals surface area contributed by atoms with Crippen LogP contribution in [0.5, 0.6) is 11.5 Å². The van der Waals surface area contributed by atoms with Gasteiger partial charge in [-0.25, -0.2) is 0 Å². The molecule has 0 saturated heterocycles. The van der Waals surface area contributed by atoms with Crippen molar-refractivity contribution in [3.8, 4) is 11.5 Å². The van der Waals surface area contributed by atoms with Crippen molar-refractivity contribution in [1.29, 1.82) is 0 Å². The molecule has 2 aromatic carbocycles. The van der Waals surface area contributed by atoms with Gasteiger partial charge in [-0.3, -0.25) is 0 Å². The van der Waals surface area contributed by atoms with Gasteiger partial charge in [0.2, 0.25) is 0 Å². The van der Waals surface area contributed by atoms with Crippen molar-refractivity contribution in [2.24, 2.45) is 0 Å². The zero-order chi connectivity index (χ0) is 16.8. The van der Waals surface area contributed by atoms with Gasteiger partial charge in [0.15, 0.2) is 0 Å². The van der Waals surface area contributed by atoms with Crippen LogP contribution in [0, 0.1) is 13.8 Å². The van der Waals surface area contributed by atoms with Crippen LogP contribution in [0.3, 0.4) is 0 Å². The molecule has 23 heavy (non-hydrogen) atoms. The first-order valence-electron chi connectivity index (χ1n) is 8.19. The Labute approximate surface area is 139 Å². The molecule has 0 heterocycles. The normalized spacial score (nSPS) is 12.1. The van der Waals surface area contributed by atoms with E-state index in [0.29, 0.717) is 6.54 Å². The number of anilines is 1. The Morgan fingerprint density at radius 3 is 2.17 bits per heavy atom. The molecule has 0 fully saturated rings. The Balaban J connectivity index is 1.98. The van der Waals surface area contributed by atoms with E-state index < -0.39 is 0 Å². The molecular formula is C20H27NO2. The lowest BCUT2D eigenvalue weighted by Gasteiger charge is -2.20. The molecule has 0 spiro atoms. The van der Waals surface area contributed by atoms with Crippen molar-refractivity contribution in [1.82, 2.24) is 0 Å². The summed E-state index contributed by atoms with van der Waals surface area (Å²) in [5.74, 6) is 1.86. The Morgan fingerprint density at radius 2 is 1.52 bits per heavy atom. The lowest BCUT2D eigenvalue weighted by molar-refractivity contribution is 0.230. The first kappa shape index (κ1) is 17.2. The highest BCUT2D eigenvalue weighted by Gasteiger charge is 2.10. The molecule has 0 saturated carbocycles. The molecule has 3 nitrogen and oxygen atoms in total. The topological polar surface area (TPSA) is 30.5 Å². The summed E-state index contributed by atoms with van der Waals surface area (Å²) in [5, 5.41) is 3.43. The number of para-hydroxylation sites is 3. The molecule has 0 aliphatic rings. The van der Waals surface area contributed by atoms with Crippen LogP contribution in [0.15, 0.2) is 42.5 Å². The highest BCUT2D eigenvalue weighted by Crippen LogP contribution is 2.26. The molecule has 0 bridgehead atoms. The van der Waals surface area contributed by atoms with Crippen LogP contribution in [0.25, 0.3) is 0 Å². The van der Waals surface area contributed by atoms with Crippen LogP contribution >= 0.6 is 0 Å². The minimum atomic E-state index is 0.0573. The maximum atomic E-state index is 6.12. The number of aryl methyl sites for hydroxylation is 2. The summed E-state index contributed by atoms with van der Waals surface area (Å²) < 4.78 is 11.9. The van der Waals surface area contributed by atoms with E-state index in [4.69, 9.17) is 9.47 Å². The van der Waals surface area contributed by atoms with E-state index in [9.17, 15) is 0 Å². The molecule has 2 aromatic rings. The summed E-state index contributed by atoms with van der Waals surface area (Å²) >= 11 is 0. The smallest absolute Gasteiger partial charge is 0.142 e. The maximum absolute atomic E-state index is 6.12.